The van der Waals surface area contributed by atoms with E-state index in [1.54, 1.807) is 0 Å². The third kappa shape index (κ3) is 2.76. The van der Waals surface area contributed by atoms with Gasteiger partial charge in [0.15, 0.2) is 0 Å². The number of alkyl halides is 2. The molecule has 0 aliphatic heterocycles. The molecule has 1 aromatic rings. The summed E-state index contributed by atoms with van der Waals surface area (Å²) in [5.41, 5.74) is 4.30. The number of pyridine rings is 1. The predicted octanol–water partition coefficient (Wildman–Crippen LogP) is 2.29. The summed E-state index contributed by atoms with van der Waals surface area (Å²) in [6, 6.07) is 0.834. The van der Waals surface area contributed by atoms with Gasteiger partial charge in [0.05, 0.1) is 5.69 Å². The minimum Gasteiger partial charge on any atom is -0.397 e. The first-order valence-corrected chi connectivity index (χ1v) is 6.52. The maximum Gasteiger partial charge on any atom is 0.281 e. The molecule has 0 aromatic carbocycles. The van der Waals surface area contributed by atoms with Gasteiger partial charge in [0.25, 0.3) is 15.5 Å². The molecule has 9 heteroatoms. The number of nitrogen functional groups attached to an aromatic ring is 1. The van der Waals surface area contributed by atoms with E-state index in [4.69, 9.17) is 16.4 Å². The number of nitrogens with zero attached hydrogens (tertiary/aromatic N) is 1. The van der Waals surface area contributed by atoms with Crippen molar-refractivity contribution in [1.29, 1.82) is 0 Å². The van der Waals surface area contributed by atoms with Crippen LogP contribution in [0.25, 0.3) is 0 Å². The van der Waals surface area contributed by atoms with E-state index < -0.39 is 26.1 Å². The summed E-state index contributed by atoms with van der Waals surface area (Å²) < 4.78 is 46.7. The van der Waals surface area contributed by atoms with Crippen LogP contribution in [0.4, 0.5) is 14.5 Å². The lowest BCUT2D eigenvalue weighted by atomic mass is 10.3. The zero-order chi connectivity index (χ0) is 11.8. The molecule has 0 unspecified atom stereocenters. The molecule has 15 heavy (non-hydrogen) atoms. The van der Waals surface area contributed by atoms with Crippen molar-refractivity contribution in [2.24, 2.45) is 0 Å². The monoisotopic (exact) mass is 320 g/mol. The lowest BCUT2D eigenvalue weighted by Crippen LogP contribution is -2.04. The molecule has 0 radical (unpaired) electrons. The van der Waals surface area contributed by atoms with Gasteiger partial charge in [-0.25, -0.2) is 22.2 Å². The standard InChI is InChI=1S/C6H4BrClF2N2O2S/c7-5-2(11)1-3(15(8,13)14)4(12-5)6(9)10/h1,6H,11H2. The van der Waals surface area contributed by atoms with Gasteiger partial charge < -0.3 is 5.73 Å². The Bertz CT molecular complexity index is 494. The molecule has 0 aliphatic carbocycles. The Balaban J connectivity index is 3.56. The van der Waals surface area contributed by atoms with Gasteiger partial charge in [-0.15, -0.1) is 0 Å². The van der Waals surface area contributed by atoms with E-state index in [1.165, 1.54) is 0 Å². The van der Waals surface area contributed by atoms with E-state index >= 15 is 0 Å². The maximum absolute atomic E-state index is 12.4. The molecule has 0 atom stereocenters. The molecule has 0 fully saturated rings. The van der Waals surface area contributed by atoms with Crippen molar-refractivity contribution in [1.82, 2.24) is 4.98 Å². The summed E-state index contributed by atoms with van der Waals surface area (Å²) in [7, 11) is 0.671. The van der Waals surface area contributed by atoms with Gasteiger partial charge in [-0.1, -0.05) is 0 Å². The smallest absolute Gasteiger partial charge is 0.281 e. The highest BCUT2D eigenvalue weighted by Gasteiger charge is 2.24. The molecule has 0 aliphatic rings. The number of hydrogen-bond acceptors (Lipinski definition) is 4. The third-order valence-electron chi connectivity index (χ3n) is 1.47. The third-order valence-corrected chi connectivity index (χ3v) is 3.45. The van der Waals surface area contributed by atoms with E-state index in [-0.39, 0.29) is 10.3 Å². The van der Waals surface area contributed by atoms with E-state index in [0.717, 1.165) is 6.07 Å². The number of nitrogens with two attached hydrogens (primary N) is 1. The highest BCUT2D eigenvalue weighted by molar-refractivity contribution is 9.10. The van der Waals surface area contributed by atoms with Crippen molar-refractivity contribution in [3.63, 3.8) is 0 Å². The summed E-state index contributed by atoms with van der Waals surface area (Å²) in [4.78, 5) is 2.54. The summed E-state index contributed by atoms with van der Waals surface area (Å²) >= 11 is 2.81. The van der Waals surface area contributed by atoms with Crippen LogP contribution in [-0.2, 0) is 9.05 Å². The Morgan fingerprint density at radius 2 is 2.07 bits per heavy atom. The van der Waals surface area contributed by atoms with Crippen LogP contribution < -0.4 is 5.73 Å². The minimum absolute atomic E-state index is 0.0538. The number of halogens is 4. The summed E-state index contributed by atoms with van der Waals surface area (Å²) in [6.07, 6.45) is -3.05. The van der Waals surface area contributed by atoms with Crippen LogP contribution in [0, 0.1) is 0 Å². The van der Waals surface area contributed by atoms with Gasteiger partial charge in [-0.2, -0.15) is 0 Å². The molecular formula is C6H4BrClF2N2O2S. The molecule has 0 saturated carbocycles. The fourth-order valence-electron chi connectivity index (χ4n) is 0.852. The fourth-order valence-corrected chi connectivity index (χ4v) is 2.18. The summed E-state index contributed by atoms with van der Waals surface area (Å²) in [5.74, 6) is 0. The lowest BCUT2D eigenvalue weighted by Gasteiger charge is -2.07. The van der Waals surface area contributed by atoms with E-state index in [9.17, 15) is 17.2 Å². The molecule has 4 nitrogen and oxygen atoms in total. The van der Waals surface area contributed by atoms with Crippen molar-refractivity contribution in [2.75, 3.05) is 5.73 Å². The van der Waals surface area contributed by atoms with Gasteiger partial charge in [0.2, 0.25) is 0 Å². The first-order valence-electron chi connectivity index (χ1n) is 3.42. The molecule has 0 saturated heterocycles. The van der Waals surface area contributed by atoms with E-state index in [0.29, 0.717) is 0 Å². The molecule has 0 amide bonds. The zero-order valence-corrected chi connectivity index (χ0v) is 10.1. The van der Waals surface area contributed by atoms with Crippen LogP contribution in [-0.4, -0.2) is 13.4 Å². The first-order chi connectivity index (χ1) is 6.73. The van der Waals surface area contributed by atoms with Crippen molar-refractivity contribution in [2.45, 2.75) is 11.3 Å². The molecule has 1 rings (SSSR count). The van der Waals surface area contributed by atoms with Gasteiger partial charge in [0, 0.05) is 10.7 Å². The topological polar surface area (TPSA) is 73.1 Å². The Labute approximate surface area is 97.0 Å². The van der Waals surface area contributed by atoms with E-state index in [2.05, 4.69) is 20.9 Å². The fraction of sp³-hybridized carbons (Fsp3) is 0.167. The quantitative estimate of drug-likeness (QED) is 0.670. The Morgan fingerprint density at radius 3 is 2.47 bits per heavy atom. The number of anilines is 1. The summed E-state index contributed by atoms with van der Waals surface area (Å²) in [5, 5.41) is 0. The normalized spacial score (nSPS) is 12.1. The largest absolute Gasteiger partial charge is 0.397 e. The van der Waals surface area contributed by atoms with Crippen molar-refractivity contribution >= 4 is 41.4 Å². The molecule has 1 aromatic heterocycles. The van der Waals surface area contributed by atoms with Gasteiger partial charge in [-0.3, -0.25) is 0 Å². The highest BCUT2D eigenvalue weighted by Crippen LogP contribution is 2.31. The van der Waals surface area contributed by atoms with Crippen molar-refractivity contribution < 1.29 is 17.2 Å². The second-order valence-corrected chi connectivity index (χ2v) is 5.78. The Kier molecular flexibility index (Phi) is 3.51. The number of hydrogen-bond donors (Lipinski definition) is 1. The molecule has 0 bridgehead atoms. The first kappa shape index (κ1) is 12.6. The average molecular weight is 322 g/mol. The van der Waals surface area contributed by atoms with E-state index in [1.807, 2.05) is 0 Å². The van der Waals surface area contributed by atoms with Crippen LogP contribution in [0.3, 0.4) is 0 Å². The number of rotatable bonds is 2. The zero-order valence-electron chi connectivity index (χ0n) is 6.92. The minimum atomic E-state index is -4.29. The Morgan fingerprint density at radius 1 is 1.53 bits per heavy atom. The maximum atomic E-state index is 12.4. The van der Waals surface area contributed by atoms with Crippen molar-refractivity contribution in [3.05, 3.63) is 16.4 Å². The average Bonchev–Trinajstić information content (AvgIpc) is 2.06. The summed E-state index contributed by atoms with van der Waals surface area (Å²) in [6.45, 7) is 0. The Hall–Kier alpha value is -0.470. The van der Waals surface area contributed by atoms with Crippen LogP contribution in [0.1, 0.15) is 12.1 Å². The molecular weight excluding hydrogens is 317 g/mol. The number of aromatic nitrogens is 1. The second kappa shape index (κ2) is 4.18. The molecule has 2 N–H and O–H groups in total. The highest BCUT2D eigenvalue weighted by atomic mass is 79.9. The lowest BCUT2D eigenvalue weighted by molar-refractivity contribution is 0.142. The van der Waals surface area contributed by atoms with Gasteiger partial charge >= 0.3 is 0 Å². The SMILES string of the molecule is Nc1cc(S(=O)(=O)Cl)c(C(F)F)nc1Br. The second-order valence-electron chi connectivity index (χ2n) is 2.49. The van der Waals surface area contributed by atoms with Crippen LogP contribution in [0.15, 0.2) is 15.6 Å². The van der Waals surface area contributed by atoms with Gasteiger partial charge in [0.1, 0.15) is 15.2 Å². The van der Waals surface area contributed by atoms with Crippen LogP contribution in [0.2, 0.25) is 0 Å². The molecule has 1 heterocycles. The molecule has 0 spiro atoms. The van der Waals surface area contributed by atoms with Crippen LogP contribution in [0.5, 0.6) is 0 Å². The predicted molar refractivity (Wildman–Crippen MR) is 54.3 cm³/mol. The molecule has 84 valence electrons. The van der Waals surface area contributed by atoms with Crippen LogP contribution >= 0.6 is 26.6 Å². The van der Waals surface area contributed by atoms with Gasteiger partial charge in [-0.05, 0) is 22.0 Å². The van der Waals surface area contributed by atoms with Crippen molar-refractivity contribution in [3.8, 4) is 0 Å².